The summed E-state index contributed by atoms with van der Waals surface area (Å²) in [5.74, 6) is 2.18. The van der Waals surface area contributed by atoms with E-state index in [4.69, 9.17) is 0 Å². The second-order valence-electron chi connectivity index (χ2n) is 7.11. The molecule has 0 heterocycles. The summed E-state index contributed by atoms with van der Waals surface area (Å²) in [4.78, 5) is 0. The highest BCUT2D eigenvalue weighted by atomic mass is 14.3. The molecule has 0 spiro atoms. The fourth-order valence-corrected chi connectivity index (χ4v) is 3.94. The number of hydrogen-bond acceptors (Lipinski definition) is 0. The summed E-state index contributed by atoms with van der Waals surface area (Å²) in [5, 5.41) is 0. The molecule has 16 heavy (non-hydrogen) atoms. The first-order valence-electron chi connectivity index (χ1n) is 7.67. The van der Waals surface area contributed by atoms with Crippen molar-refractivity contribution in [1.29, 1.82) is 0 Å². The molecule has 0 aromatic heterocycles. The molecule has 0 bridgehead atoms. The van der Waals surface area contributed by atoms with Gasteiger partial charge in [-0.3, -0.25) is 0 Å². The molecule has 0 aromatic rings. The van der Waals surface area contributed by atoms with E-state index in [9.17, 15) is 0 Å². The molecule has 94 valence electrons. The third-order valence-corrected chi connectivity index (χ3v) is 5.19. The van der Waals surface area contributed by atoms with Crippen LogP contribution in [0.4, 0.5) is 0 Å². The minimum absolute atomic E-state index is 0.638. The molecular weight excluding hydrogens is 192 g/mol. The Morgan fingerprint density at radius 1 is 0.625 bits per heavy atom. The topological polar surface area (TPSA) is 0 Å². The van der Waals surface area contributed by atoms with Crippen LogP contribution in [-0.2, 0) is 0 Å². The predicted octanol–water partition coefficient (Wildman–Crippen LogP) is 5.56. The maximum Gasteiger partial charge on any atom is -0.0354 e. The Hall–Kier alpha value is 0. The predicted molar refractivity (Wildman–Crippen MR) is 71.5 cm³/mol. The first kappa shape index (κ1) is 12.5. The van der Waals surface area contributed by atoms with E-state index in [1.165, 1.54) is 57.8 Å². The molecule has 0 aliphatic heterocycles. The van der Waals surface area contributed by atoms with E-state index >= 15 is 0 Å². The maximum absolute atomic E-state index is 2.47. The maximum atomic E-state index is 2.47. The van der Waals surface area contributed by atoms with E-state index in [2.05, 4.69) is 13.8 Å². The zero-order valence-electron chi connectivity index (χ0n) is 11.4. The van der Waals surface area contributed by atoms with Crippen LogP contribution in [0, 0.1) is 17.3 Å². The molecule has 2 aliphatic rings. The number of rotatable bonds is 1. The Labute approximate surface area is 102 Å². The summed E-state index contributed by atoms with van der Waals surface area (Å²) in [6, 6.07) is 0. The SMILES string of the molecule is CC1(C)CCCC(C2CCCCCC2)CC1. The molecule has 0 saturated heterocycles. The van der Waals surface area contributed by atoms with Gasteiger partial charge in [0.05, 0.1) is 0 Å². The Balaban J connectivity index is 1.88. The number of hydrogen-bond donors (Lipinski definition) is 0. The first-order valence-corrected chi connectivity index (χ1v) is 7.67. The van der Waals surface area contributed by atoms with E-state index in [-0.39, 0.29) is 0 Å². The van der Waals surface area contributed by atoms with Crippen molar-refractivity contribution in [3.63, 3.8) is 0 Å². The van der Waals surface area contributed by atoms with Gasteiger partial charge in [0.15, 0.2) is 0 Å². The molecule has 1 atom stereocenters. The summed E-state index contributed by atoms with van der Waals surface area (Å²) in [6.07, 6.45) is 16.7. The lowest BCUT2D eigenvalue weighted by Gasteiger charge is -2.26. The van der Waals surface area contributed by atoms with Gasteiger partial charge in [-0.25, -0.2) is 0 Å². The van der Waals surface area contributed by atoms with Gasteiger partial charge in [-0.15, -0.1) is 0 Å². The lowest BCUT2D eigenvalue weighted by Crippen LogP contribution is -2.15. The van der Waals surface area contributed by atoms with Gasteiger partial charge >= 0.3 is 0 Å². The summed E-state index contributed by atoms with van der Waals surface area (Å²) in [6.45, 7) is 4.95. The molecule has 0 aromatic carbocycles. The van der Waals surface area contributed by atoms with Gasteiger partial charge in [0.25, 0.3) is 0 Å². The van der Waals surface area contributed by atoms with E-state index < -0.39 is 0 Å². The lowest BCUT2D eigenvalue weighted by molar-refractivity contribution is 0.253. The van der Waals surface area contributed by atoms with E-state index in [1.54, 1.807) is 12.8 Å². The Bertz CT molecular complexity index is 196. The van der Waals surface area contributed by atoms with Crippen LogP contribution in [0.25, 0.3) is 0 Å². The fraction of sp³-hybridized carbons (Fsp3) is 1.00. The minimum Gasteiger partial charge on any atom is -0.0599 e. The molecule has 0 nitrogen and oxygen atoms in total. The molecule has 2 fully saturated rings. The van der Waals surface area contributed by atoms with Gasteiger partial charge < -0.3 is 0 Å². The van der Waals surface area contributed by atoms with Crippen molar-refractivity contribution in [2.45, 2.75) is 84.5 Å². The minimum atomic E-state index is 0.638. The van der Waals surface area contributed by atoms with Crippen molar-refractivity contribution >= 4 is 0 Å². The van der Waals surface area contributed by atoms with Crippen molar-refractivity contribution in [3.8, 4) is 0 Å². The molecule has 2 saturated carbocycles. The molecule has 2 rings (SSSR count). The molecule has 0 N–H and O–H groups in total. The van der Waals surface area contributed by atoms with E-state index in [0.29, 0.717) is 5.41 Å². The normalized spacial score (nSPS) is 33.0. The van der Waals surface area contributed by atoms with Crippen molar-refractivity contribution < 1.29 is 0 Å². The second kappa shape index (κ2) is 5.56. The van der Waals surface area contributed by atoms with Gasteiger partial charge in [0, 0.05) is 0 Å². The van der Waals surface area contributed by atoms with E-state index in [1.807, 2.05) is 0 Å². The Kier molecular flexibility index (Phi) is 4.33. The van der Waals surface area contributed by atoms with Gasteiger partial charge in [0.1, 0.15) is 0 Å². The van der Waals surface area contributed by atoms with Crippen LogP contribution in [-0.4, -0.2) is 0 Å². The summed E-state index contributed by atoms with van der Waals surface area (Å²) >= 11 is 0. The van der Waals surface area contributed by atoms with Crippen LogP contribution in [0.2, 0.25) is 0 Å². The van der Waals surface area contributed by atoms with Crippen LogP contribution in [0.1, 0.15) is 84.5 Å². The Morgan fingerprint density at radius 2 is 1.19 bits per heavy atom. The van der Waals surface area contributed by atoms with Crippen molar-refractivity contribution in [3.05, 3.63) is 0 Å². The first-order chi connectivity index (χ1) is 7.67. The van der Waals surface area contributed by atoms with Gasteiger partial charge in [0.2, 0.25) is 0 Å². The summed E-state index contributed by atoms with van der Waals surface area (Å²) < 4.78 is 0. The average Bonchev–Trinajstić information content (AvgIpc) is 2.58. The summed E-state index contributed by atoms with van der Waals surface area (Å²) in [5.41, 5.74) is 0.638. The highest BCUT2D eigenvalue weighted by molar-refractivity contribution is 4.80. The van der Waals surface area contributed by atoms with Crippen LogP contribution in [0.15, 0.2) is 0 Å². The highest BCUT2D eigenvalue weighted by Crippen LogP contribution is 2.41. The van der Waals surface area contributed by atoms with Crippen molar-refractivity contribution in [2.24, 2.45) is 17.3 Å². The zero-order valence-corrected chi connectivity index (χ0v) is 11.4. The van der Waals surface area contributed by atoms with Crippen LogP contribution >= 0.6 is 0 Å². The quantitative estimate of drug-likeness (QED) is 0.509. The zero-order chi connectivity index (χ0) is 11.4. The third-order valence-electron chi connectivity index (χ3n) is 5.19. The largest absolute Gasteiger partial charge is 0.0599 e. The second-order valence-corrected chi connectivity index (χ2v) is 7.11. The summed E-state index contributed by atoms with van der Waals surface area (Å²) in [7, 11) is 0. The third kappa shape index (κ3) is 3.50. The molecule has 0 heteroatoms. The average molecular weight is 222 g/mol. The molecule has 1 unspecified atom stereocenters. The van der Waals surface area contributed by atoms with Crippen molar-refractivity contribution in [2.75, 3.05) is 0 Å². The molecule has 0 amide bonds. The molecule has 2 aliphatic carbocycles. The molecular formula is C16H30. The van der Waals surface area contributed by atoms with Crippen LogP contribution in [0.5, 0.6) is 0 Å². The van der Waals surface area contributed by atoms with Crippen LogP contribution < -0.4 is 0 Å². The van der Waals surface area contributed by atoms with Gasteiger partial charge in [-0.05, 0) is 36.5 Å². The van der Waals surface area contributed by atoms with Gasteiger partial charge in [-0.1, -0.05) is 65.2 Å². The monoisotopic (exact) mass is 222 g/mol. The highest BCUT2D eigenvalue weighted by Gasteiger charge is 2.28. The lowest BCUT2D eigenvalue weighted by atomic mass is 9.80. The van der Waals surface area contributed by atoms with Crippen LogP contribution in [0.3, 0.4) is 0 Å². The molecule has 0 radical (unpaired) electrons. The fourth-order valence-electron chi connectivity index (χ4n) is 3.94. The smallest absolute Gasteiger partial charge is 0.0354 e. The van der Waals surface area contributed by atoms with Gasteiger partial charge in [-0.2, -0.15) is 0 Å². The standard InChI is InChI=1S/C16H30/c1-16(2)12-7-10-15(11-13-16)14-8-5-3-4-6-9-14/h14-15H,3-13H2,1-2H3. The van der Waals surface area contributed by atoms with E-state index in [0.717, 1.165) is 11.8 Å². The van der Waals surface area contributed by atoms with Crippen molar-refractivity contribution in [1.82, 2.24) is 0 Å². The Morgan fingerprint density at radius 3 is 1.88 bits per heavy atom.